The summed E-state index contributed by atoms with van der Waals surface area (Å²) in [5.41, 5.74) is -0.876. The number of ketones is 1. The molecule has 2 saturated heterocycles. The van der Waals surface area contributed by atoms with Gasteiger partial charge in [-0.05, 0) is 119 Å². The summed E-state index contributed by atoms with van der Waals surface area (Å²) in [5, 5.41) is 8.38. The average Bonchev–Trinajstić information content (AvgIpc) is 0.672. The molecule has 3 amide bonds. The largest absolute Gasteiger partial charge is 0.467 e. The molecule has 10 rings (SSSR count). The van der Waals surface area contributed by atoms with Crippen LogP contribution in [0.1, 0.15) is 158 Å². The molecule has 27 nitrogen and oxygen atoms in total. The van der Waals surface area contributed by atoms with Crippen molar-refractivity contribution in [1.82, 2.24) is 16.0 Å². The second-order valence-electron chi connectivity index (χ2n) is 32.3. The van der Waals surface area contributed by atoms with Gasteiger partial charge < -0.3 is 72.8 Å². The smallest absolute Gasteiger partial charge is 0.328 e. The zero-order valence-corrected chi connectivity index (χ0v) is 64.8. The van der Waals surface area contributed by atoms with E-state index in [4.69, 9.17) is 56.8 Å². The van der Waals surface area contributed by atoms with Crippen LogP contribution in [0.15, 0.2) is 103 Å². The minimum atomic E-state index is -2.21. The summed E-state index contributed by atoms with van der Waals surface area (Å²) in [6.45, 7) is 19.9. The molecule has 0 spiro atoms. The second-order valence-corrected chi connectivity index (χ2v) is 32.3. The fraction of sp³-hybridized carbons (Fsp3) is 0.610. The number of carbonyl (C=O) groups excluding carboxylic acids is 12. The molecule has 3 aromatic rings. The average molecular weight is 1520 g/mol. The van der Waals surface area contributed by atoms with Gasteiger partial charge in [0.2, 0.25) is 5.91 Å². The van der Waals surface area contributed by atoms with E-state index in [1.807, 2.05) is 57.2 Å². The minimum absolute atomic E-state index is 0.0232. The molecule has 4 saturated carbocycles. The molecule has 5 aliphatic carbocycles. The zero-order valence-electron chi connectivity index (χ0n) is 64.8. The molecule has 0 radical (unpaired) electrons. The van der Waals surface area contributed by atoms with Crippen molar-refractivity contribution in [2.75, 3.05) is 21.3 Å². The lowest BCUT2D eigenvalue weighted by Crippen LogP contribution is -2.70. The molecular formula is C82H105N3O24. The number of rotatable bonds is 24. The molecule has 592 valence electrons. The van der Waals surface area contributed by atoms with Crippen molar-refractivity contribution in [3.8, 4) is 0 Å². The van der Waals surface area contributed by atoms with Gasteiger partial charge in [0.25, 0.3) is 11.8 Å². The van der Waals surface area contributed by atoms with Crippen molar-refractivity contribution in [2.24, 2.45) is 50.2 Å². The predicted molar refractivity (Wildman–Crippen MR) is 387 cm³/mol. The third kappa shape index (κ3) is 17.2. The number of methoxy groups -OCH3 is 3. The van der Waals surface area contributed by atoms with E-state index < -0.39 is 178 Å². The van der Waals surface area contributed by atoms with Gasteiger partial charge in [-0.1, -0.05) is 145 Å². The first-order chi connectivity index (χ1) is 51.4. The standard InChI is InChI=1S/C82H105N3O24/c1-44(86)101-60-62(103-46(3)88)66(105-48(5)90)75(108-65(60)70(93)84-55(72(95)99-14)40-50-27-21-17-22-28-50)109-67-63(104-47(4)89)61(102-45(2)87)64(69(92)83-54(71(94)98-13)39-49-25-19-16-20-26-49)107-74(67)106-59-32-33-80(10)58(77(59,6)7)31-34-82(12)68(80)57(91)42-52-53-43-79(9,36-35-78(53,8)37-38-81(52,82)11)76(97)85-56(73(96)100-15)41-51-29-23-18-24-30-51/h16-30,42,53-56,58-68,74-75H,31-41,43H2,1-15H3,(H,83,92)(H,84,93)(H,85,97)/t53?,54?,55?,56?,58?,59?,60?,61?,62?,63?,64?,65?,66?,67?,68?,74?,75?,78-,79+,80+,81-,82-/m1/s1. The van der Waals surface area contributed by atoms with Gasteiger partial charge in [-0.15, -0.1) is 0 Å². The van der Waals surface area contributed by atoms with Crippen LogP contribution in [0.5, 0.6) is 0 Å². The summed E-state index contributed by atoms with van der Waals surface area (Å²) in [6, 6.07) is 22.8. The van der Waals surface area contributed by atoms with Crippen LogP contribution in [0.4, 0.5) is 0 Å². The van der Waals surface area contributed by atoms with E-state index in [1.54, 1.807) is 60.7 Å². The highest BCUT2D eigenvalue weighted by atomic mass is 16.8. The molecule has 2 aliphatic heterocycles. The van der Waals surface area contributed by atoms with Crippen molar-refractivity contribution < 1.29 is 114 Å². The van der Waals surface area contributed by atoms with Crippen molar-refractivity contribution >= 4 is 71.3 Å². The first-order valence-electron chi connectivity index (χ1n) is 37.5. The third-order valence-electron chi connectivity index (χ3n) is 24.9. The summed E-state index contributed by atoms with van der Waals surface area (Å²) in [6.07, 6.45) is -14.3. The molecule has 17 unspecified atom stereocenters. The molecule has 27 heteroatoms. The van der Waals surface area contributed by atoms with Crippen LogP contribution in [-0.2, 0) is 134 Å². The number of hydrogen-bond acceptors (Lipinski definition) is 24. The number of amides is 3. The fourth-order valence-electron chi connectivity index (χ4n) is 19.3. The van der Waals surface area contributed by atoms with E-state index in [-0.39, 0.29) is 54.6 Å². The highest BCUT2D eigenvalue weighted by molar-refractivity contribution is 5.96. The van der Waals surface area contributed by atoms with Crippen molar-refractivity contribution in [2.45, 2.75) is 246 Å². The number of ether oxygens (including phenoxy) is 12. The summed E-state index contributed by atoms with van der Waals surface area (Å²) < 4.78 is 72.6. The van der Waals surface area contributed by atoms with E-state index in [0.29, 0.717) is 49.7 Å². The number of nitrogens with one attached hydrogen (secondary N) is 3. The van der Waals surface area contributed by atoms with Crippen molar-refractivity contribution in [3.63, 3.8) is 0 Å². The van der Waals surface area contributed by atoms with Crippen LogP contribution in [0.3, 0.4) is 0 Å². The Balaban J connectivity index is 1.03. The molecule has 0 bridgehead atoms. The third-order valence-corrected chi connectivity index (χ3v) is 24.9. The molecular weight excluding hydrogens is 1410 g/mol. The summed E-state index contributed by atoms with van der Waals surface area (Å²) in [7, 11) is 3.53. The van der Waals surface area contributed by atoms with E-state index in [1.165, 1.54) is 7.11 Å². The topological polar surface area (TPSA) is 352 Å². The van der Waals surface area contributed by atoms with Gasteiger partial charge >= 0.3 is 47.8 Å². The lowest BCUT2D eigenvalue weighted by Gasteiger charge is -2.70. The van der Waals surface area contributed by atoms with Crippen LogP contribution in [0.25, 0.3) is 0 Å². The molecule has 7 aliphatic rings. The van der Waals surface area contributed by atoms with Crippen LogP contribution in [-0.4, -0.2) is 178 Å². The molecule has 109 heavy (non-hydrogen) atoms. The Morgan fingerprint density at radius 3 is 1.31 bits per heavy atom. The van der Waals surface area contributed by atoms with Gasteiger partial charge in [0.15, 0.2) is 67.2 Å². The van der Waals surface area contributed by atoms with E-state index in [0.717, 1.165) is 72.8 Å². The Kier molecular flexibility index (Phi) is 25.3. The summed E-state index contributed by atoms with van der Waals surface area (Å²) in [4.78, 5) is 169. The molecule has 3 aromatic carbocycles. The van der Waals surface area contributed by atoms with Crippen LogP contribution in [0, 0.1) is 50.2 Å². The van der Waals surface area contributed by atoms with Gasteiger partial charge in [0.1, 0.15) is 18.1 Å². The second kappa shape index (κ2) is 33.3. The van der Waals surface area contributed by atoms with Gasteiger partial charge in [-0.3, -0.25) is 43.2 Å². The minimum Gasteiger partial charge on any atom is -0.467 e. The molecule has 3 N–H and O–H groups in total. The number of benzene rings is 3. The fourth-order valence-corrected chi connectivity index (χ4v) is 19.3. The number of hydrogen-bond donors (Lipinski definition) is 3. The van der Waals surface area contributed by atoms with Gasteiger partial charge in [-0.25, -0.2) is 14.4 Å². The quantitative estimate of drug-likeness (QED) is 0.0442. The monoisotopic (exact) mass is 1520 g/mol. The van der Waals surface area contributed by atoms with Crippen LogP contribution >= 0.6 is 0 Å². The lowest BCUT2D eigenvalue weighted by molar-refractivity contribution is -0.370. The summed E-state index contributed by atoms with van der Waals surface area (Å²) in [5.74, 6) is -11.1. The first kappa shape index (κ1) is 82.6. The van der Waals surface area contributed by atoms with Gasteiger partial charge in [0, 0.05) is 65.2 Å². The lowest BCUT2D eigenvalue weighted by atomic mass is 9.33. The number of allylic oxidation sites excluding steroid dienone is 2. The van der Waals surface area contributed by atoms with Gasteiger partial charge in [-0.2, -0.15) is 0 Å². The van der Waals surface area contributed by atoms with E-state index in [9.17, 15) is 43.2 Å². The number of esters is 8. The maximum absolute atomic E-state index is 15.9. The summed E-state index contributed by atoms with van der Waals surface area (Å²) >= 11 is 0. The number of fused-ring (bicyclic) bond motifs is 7. The van der Waals surface area contributed by atoms with Gasteiger partial charge in [0.05, 0.1) is 27.4 Å². The zero-order chi connectivity index (χ0) is 79.5. The molecule has 0 aromatic heterocycles. The van der Waals surface area contributed by atoms with E-state index in [2.05, 4.69) is 43.6 Å². The molecule has 2 heterocycles. The predicted octanol–water partition coefficient (Wildman–Crippen LogP) is 7.55. The first-order valence-corrected chi connectivity index (χ1v) is 37.5. The van der Waals surface area contributed by atoms with Crippen molar-refractivity contribution in [1.29, 1.82) is 0 Å². The van der Waals surface area contributed by atoms with Crippen LogP contribution < -0.4 is 16.0 Å². The Bertz CT molecular complexity index is 3950. The maximum atomic E-state index is 15.9. The SMILES string of the molecule is COC(=O)C(Cc1ccccc1)NC(=O)C1OC(OC2C(OC3CC[C@@]4(C)C(CC[C@]5(C)C4C(=O)C=C4C6C[C@@](C)(C(=O)NC(Cc7ccccc7)C(=O)OC)CC[C@]6(C)CC[C@]45C)C3(C)C)OC(C(=O)NC(Cc3ccccc3)C(=O)OC)C(OC(C)=O)C2OC(C)=O)C(OC(C)=O)C(OC(C)=O)C1OC(C)=O. The Morgan fingerprint density at radius 2 is 0.872 bits per heavy atom. The highest BCUT2D eigenvalue weighted by Gasteiger charge is 2.71. The molecule has 6 fully saturated rings. The Morgan fingerprint density at radius 1 is 0.468 bits per heavy atom. The highest BCUT2D eigenvalue weighted by Crippen LogP contribution is 2.75. The Labute approximate surface area is 635 Å². The molecule has 22 atom stereocenters. The number of carbonyl (C=O) groups is 12. The van der Waals surface area contributed by atoms with Crippen LogP contribution in [0.2, 0.25) is 0 Å². The Hall–Kier alpha value is -8.92. The maximum Gasteiger partial charge on any atom is 0.328 e. The van der Waals surface area contributed by atoms with E-state index >= 15 is 14.4 Å². The normalized spacial score (nSPS) is 33.7. The van der Waals surface area contributed by atoms with Crippen molar-refractivity contribution in [3.05, 3.63) is 119 Å².